The monoisotopic (exact) mass is 329 g/mol. The van der Waals surface area contributed by atoms with Gasteiger partial charge in [0.1, 0.15) is 0 Å². The Morgan fingerprint density at radius 1 is 1.17 bits per heavy atom. The number of hydrogen-bond acceptors (Lipinski definition) is 6. The van der Waals surface area contributed by atoms with Crippen LogP contribution in [0.4, 0.5) is 0 Å². The standard InChI is InChI=1S/C17H19N3O4/c1-23-15(21)17(16(22)24-2)9-8-13-11-18-19-20(13)14(10-17)12-6-4-3-5-7-12/h3-7,11,14H,8-10H2,1-2H3. The number of methoxy groups -OCH3 is 2. The fourth-order valence-corrected chi connectivity index (χ4v) is 3.35. The summed E-state index contributed by atoms with van der Waals surface area (Å²) in [4.78, 5) is 25.0. The van der Waals surface area contributed by atoms with Crippen LogP contribution in [0.2, 0.25) is 0 Å². The molecule has 1 aromatic heterocycles. The van der Waals surface area contributed by atoms with Crippen molar-refractivity contribution in [3.63, 3.8) is 0 Å². The van der Waals surface area contributed by atoms with Gasteiger partial charge in [-0.05, 0) is 18.4 Å². The first-order valence-corrected chi connectivity index (χ1v) is 7.73. The quantitative estimate of drug-likeness (QED) is 0.627. The van der Waals surface area contributed by atoms with E-state index in [0.717, 1.165) is 11.3 Å². The molecule has 0 amide bonds. The van der Waals surface area contributed by atoms with E-state index >= 15 is 0 Å². The maximum atomic E-state index is 12.5. The maximum Gasteiger partial charge on any atom is 0.323 e. The van der Waals surface area contributed by atoms with Crippen molar-refractivity contribution >= 4 is 11.9 Å². The molecular weight excluding hydrogens is 310 g/mol. The van der Waals surface area contributed by atoms with Crippen LogP contribution in [0.5, 0.6) is 0 Å². The highest BCUT2D eigenvalue weighted by molar-refractivity contribution is 6.00. The van der Waals surface area contributed by atoms with Gasteiger partial charge in [0.05, 0.1) is 32.2 Å². The van der Waals surface area contributed by atoms with Crippen LogP contribution in [-0.2, 0) is 25.5 Å². The molecule has 0 aliphatic carbocycles. The van der Waals surface area contributed by atoms with Crippen molar-refractivity contribution < 1.29 is 19.1 Å². The molecule has 1 atom stereocenters. The predicted molar refractivity (Wildman–Crippen MR) is 84.0 cm³/mol. The molecule has 0 saturated heterocycles. The Bertz CT molecular complexity index is 725. The largest absolute Gasteiger partial charge is 0.468 e. The summed E-state index contributed by atoms with van der Waals surface area (Å²) < 4.78 is 11.7. The van der Waals surface area contributed by atoms with Gasteiger partial charge in [0.25, 0.3) is 0 Å². The molecule has 126 valence electrons. The first kappa shape index (κ1) is 16.2. The van der Waals surface area contributed by atoms with Crippen LogP contribution >= 0.6 is 0 Å². The van der Waals surface area contributed by atoms with Gasteiger partial charge in [0, 0.05) is 6.42 Å². The molecule has 2 aromatic rings. The van der Waals surface area contributed by atoms with E-state index in [1.807, 2.05) is 30.3 Å². The van der Waals surface area contributed by atoms with Crippen LogP contribution in [-0.4, -0.2) is 41.2 Å². The molecule has 2 heterocycles. The fraction of sp³-hybridized carbons (Fsp3) is 0.412. The van der Waals surface area contributed by atoms with E-state index in [2.05, 4.69) is 10.3 Å². The smallest absolute Gasteiger partial charge is 0.323 e. The molecule has 0 N–H and O–H groups in total. The van der Waals surface area contributed by atoms with Gasteiger partial charge in [-0.2, -0.15) is 0 Å². The number of aryl methyl sites for hydroxylation is 1. The normalized spacial score (nSPS) is 19.0. The zero-order chi connectivity index (χ0) is 17.2. The highest BCUT2D eigenvalue weighted by Gasteiger charge is 2.51. The number of carbonyl (C=O) groups excluding carboxylic acids is 2. The van der Waals surface area contributed by atoms with E-state index in [1.54, 1.807) is 10.9 Å². The highest BCUT2D eigenvalue weighted by atomic mass is 16.5. The number of ether oxygens (including phenoxy) is 2. The minimum atomic E-state index is -1.36. The number of esters is 2. The van der Waals surface area contributed by atoms with E-state index in [0.29, 0.717) is 12.8 Å². The van der Waals surface area contributed by atoms with Crippen LogP contribution in [0.15, 0.2) is 36.5 Å². The third-order valence-corrected chi connectivity index (χ3v) is 4.63. The zero-order valence-electron chi connectivity index (χ0n) is 13.6. The van der Waals surface area contributed by atoms with Crippen molar-refractivity contribution in [2.24, 2.45) is 5.41 Å². The Morgan fingerprint density at radius 2 is 1.83 bits per heavy atom. The van der Waals surface area contributed by atoms with Gasteiger partial charge in [0.2, 0.25) is 0 Å². The summed E-state index contributed by atoms with van der Waals surface area (Å²) in [5, 5.41) is 8.15. The summed E-state index contributed by atoms with van der Waals surface area (Å²) in [6, 6.07) is 9.32. The SMILES string of the molecule is COC(=O)C1(C(=O)OC)CCc2cnnn2C(c2ccccc2)C1. The van der Waals surface area contributed by atoms with E-state index < -0.39 is 17.4 Å². The number of rotatable bonds is 3. The van der Waals surface area contributed by atoms with Crippen LogP contribution in [0.25, 0.3) is 0 Å². The number of fused-ring (bicyclic) bond motifs is 1. The molecule has 0 saturated carbocycles. The van der Waals surface area contributed by atoms with Gasteiger partial charge < -0.3 is 9.47 Å². The number of carbonyl (C=O) groups is 2. The third-order valence-electron chi connectivity index (χ3n) is 4.63. The van der Waals surface area contributed by atoms with Crippen molar-refractivity contribution in [3.8, 4) is 0 Å². The Hall–Kier alpha value is -2.70. The third kappa shape index (κ3) is 2.55. The zero-order valence-corrected chi connectivity index (χ0v) is 13.6. The predicted octanol–water partition coefficient (Wildman–Crippen LogP) is 1.54. The lowest BCUT2D eigenvalue weighted by atomic mass is 9.77. The van der Waals surface area contributed by atoms with Crippen LogP contribution in [0, 0.1) is 5.41 Å². The maximum absolute atomic E-state index is 12.5. The number of benzene rings is 1. The van der Waals surface area contributed by atoms with Gasteiger partial charge in [0.15, 0.2) is 5.41 Å². The van der Waals surface area contributed by atoms with E-state index in [1.165, 1.54) is 14.2 Å². The summed E-state index contributed by atoms with van der Waals surface area (Å²) in [6.45, 7) is 0. The van der Waals surface area contributed by atoms with Crippen molar-refractivity contribution in [2.75, 3.05) is 14.2 Å². The molecule has 1 unspecified atom stereocenters. The van der Waals surface area contributed by atoms with Gasteiger partial charge in [-0.15, -0.1) is 5.10 Å². The molecule has 1 aliphatic heterocycles. The molecule has 1 aliphatic rings. The Labute approximate surface area is 139 Å². The Morgan fingerprint density at radius 3 is 2.46 bits per heavy atom. The molecule has 0 fully saturated rings. The topological polar surface area (TPSA) is 83.3 Å². The molecular formula is C17H19N3O4. The lowest BCUT2D eigenvalue weighted by Gasteiger charge is -2.29. The van der Waals surface area contributed by atoms with Crippen molar-refractivity contribution in [3.05, 3.63) is 47.8 Å². The minimum Gasteiger partial charge on any atom is -0.468 e. The first-order chi connectivity index (χ1) is 11.6. The van der Waals surface area contributed by atoms with E-state index in [4.69, 9.17) is 9.47 Å². The van der Waals surface area contributed by atoms with Gasteiger partial charge in [-0.3, -0.25) is 9.59 Å². The lowest BCUT2D eigenvalue weighted by Crippen LogP contribution is -2.42. The van der Waals surface area contributed by atoms with Crippen molar-refractivity contribution in [2.45, 2.75) is 25.3 Å². The first-order valence-electron chi connectivity index (χ1n) is 7.73. The van der Waals surface area contributed by atoms with Crippen LogP contribution < -0.4 is 0 Å². The average Bonchev–Trinajstić information content (AvgIpc) is 3.03. The van der Waals surface area contributed by atoms with Gasteiger partial charge in [-0.1, -0.05) is 35.5 Å². The van der Waals surface area contributed by atoms with Crippen LogP contribution in [0.1, 0.15) is 30.1 Å². The summed E-state index contributed by atoms with van der Waals surface area (Å²) in [6.07, 6.45) is 2.66. The second-order valence-corrected chi connectivity index (χ2v) is 5.87. The molecule has 3 rings (SSSR count). The summed E-state index contributed by atoms with van der Waals surface area (Å²) >= 11 is 0. The summed E-state index contributed by atoms with van der Waals surface area (Å²) in [5.74, 6) is -1.15. The van der Waals surface area contributed by atoms with Crippen LogP contribution in [0.3, 0.4) is 0 Å². The van der Waals surface area contributed by atoms with E-state index in [-0.39, 0.29) is 12.5 Å². The second-order valence-electron chi connectivity index (χ2n) is 5.87. The fourth-order valence-electron chi connectivity index (χ4n) is 3.35. The molecule has 7 heteroatoms. The number of hydrogen-bond donors (Lipinski definition) is 0. The summed E-state index contributed by atoms with van der Waals surface area (Å²) in [7, 11) is 2.57. The molecule has 0 radical (unpaired) electrons. The Balaban J connectivity index is 2.11. The minimum absolute atomic E-state index is 0.215. The molecule has 0 bridgehead atoms. The van der Waals surface area contributed by atoms with Gasteiger partial charge >= 0.3 is 11.9 Å². The highest BCUT2D eigenvalue weighted by Crippen LogP contribution is 2.42. The molecule has 1 aromatic carbocycles. The molecule has 24 heavy (non-hydrogen) atoms. The summed E-state index contributed by atoms with van der Waals surface area (Å²) in [5.41, 5.74) is 0.465. The van der Waals surface area contributed by atoms with Gasteiger partial charge in [-0.25, -0.2) is 4.68 Å². The second kappa shape index (κ2) is 6.43. The Kier molecular flexibility index (Phi) is 4.33. The van der Waals surface area contributed by atoms with Crippen molar-refractivity contribution in [1.29, 1.82) is 0 Å². The molecule has 7 nitrogen and oxygen atoms in total. The number of nitrogens with zero attached hydrogens (tertiary/aromatic N) is 3. The average molecular weight is 329 g/mol. The number of aromatic nitrogens is 3. The lowest BCUT2D eigenvalue weighted by molar-refractivity contribution is -0.170. The van der Waals surface area contributed by atoms with E-state index in [9.17, 15) is 9.59 Å². The van der Waals surface area contributed by atoms with Crippen molar-refractivity contribution in [1.82, 2.24) is 15.0 Å². The molecule has 0 spiro atoms.